The Morgan fingerprint density at radius 1 is 0.302 bits per heavy atom. The number of nitrogens with zero attached hydrogens (tertiary/aromatic N) is 2. The molecule has 0 amide bonds. The van der Waals surface area contributed by atoms with E-state index < -0.39 is 0 Å². The summed E-state index contributed by atoms with van der Waals surface area (Å²) >= 11 is 0. The van der Waals surface area contributed by atoms with Crippen LogP contribution in [0.5, 0.6) is 0 Å². The van der Waals surface area contributed by atoms with Crippen molar-refractivity contribution in [1.29, 1.82) is 0 Å². The Labute approximate surface area is 795 Å². The maximum absolute atomic E-state index is 13.0. The van der Waals surface area contributed by atoms with Crippen molar-refractivity contribution in [2.75, 3.05) is 45.8 Å². The molecule has 0 unspecified atom stereocenters. The van der Waals surface area contributed by atoms with E-state index in [4.69, 9.17) is 5.73 Å². The molecule has 8 N–H and O–H groups in total. The molecule has 756 valence electrons. The summed E-state index contributed by atoms with van der Waals surface area (Å²) in [6.07, 6.45) is 29.4. The molecule has 0 aromatic rings. The van der Waals surface area contributed by atoms with Crippen molar-refractivity contribution in [3.8, 4) is 0 Å². The average Bonchev–Trinajstić information content (AvgIpc) is 0.849. The second kappa shape index (κ2) is 69.5. The molecule has 0 aromatic carbocycles. The lowest BCUT2D eigenvalue weighted by Crippen LogP contribution is -2.45. The predicted molar refractivity (Wildman–Crippen MR) is 546 cm³/mol. The molecule has 4 fully saturated rings. The molecular weight excluding hydrogens is 1610 g/mol. The summed E-state index contributed by atoms with van der Waals surface area (Å²) in [6, 6.07) is 0.523. The zero-order valence-corrected chi connectivity index (χ0v) is 89.0. The van der Waals surface area contributed by atoms with Gasteiger partial charge in [-0.25, -0.2) is 0 Å². The third kappa shape index (κ3) is 54.9. The number of ketones is 10. The maximum atomic E-state index is 13.0. The van der Waals surface area contributed by atoms with Gasteiger partial charge in [-0.1, -0.05) is 313 Å². The van der Waals surface area contributed by atoms with Crippen LogP contribution in [-0.2, 0) is 47.9 Å². The summed E-state index contributed by atoms with van der Waals surface area (Å²) in [4.78, 5) is 133. The number of carbonyl (C=O) groups is 10. The molecule has 2 saturated heterocycles. The van der Waals surface area contributed by atoms with Crippen molar-refractivity contribution in [1.82, 2.24) is 41.7 Å². The van der Waals surface area contributed by atoms with E-state index in [9.17, 15) is 47.9 Å². The minimum absolute atomic E-state index is 0. The van der Waals surface area contributed by atoms with Gasteiger partial charge < -0.3 is 47.4 Å². The highest BCUT2D eigenvalue weighted by Crippen LogP contribution is 2.38. The molecule has 19 heteroatoms. The van der Waals surface area contributed by atoms with E-state index in [1.54, 1.807) is 0 Å². The van der Waals surface area contributed by atoms with E-state index in [0.717, 1.165) is 69.9 Å². The van der Waals surface area contributed by atoms with E-state index >= 15 is 0 Å². The van der Waals surface area contributed by atoms with Crippen LogP contribution in [0.4, 0.5) is 0 Å². The SMILES string of the molecule is C.C=C(N)NCCC[C@H](CC(=O)[C@@H](NC(C)C)C(C)C)C(=O)C(C)C.CC(C)N[C@H](C(=O)C[C@@H](CCCN1CCCCC1)C(=O)C(C)C)C(C)C.CC(C)N[C@H](C(=O)C[C@@H](CCCN1CCCCC1)C(=O)C(C)C)C(C)C.CCC1CCC(C[C@H](CC(=O)[C@@H](NC(C)C)C(C)C)C(=O)C(C)C)CC1.CCC1CCC(C[C@H](CC(=O)[C@@H](NC(C)C)C(C)C)C(=O)C(C)C)CC1. The largest absolute Gasteiger partial charge is 0.386 e. The van der Waals surface area contributed by atoms with Gasteiger partial charge in [0, 0.05) is 128 Å². The Morgan fingerprint density at radius 2 is 0.504 bits per heavy atom. The Morgan fingerprint density at radius 3 is 0.698 bits per heavy atom. The molecule has 19 nitrogen and oxygen atoms in total. The first-order chi connectivity index (χ1) is 59.8. The highest BCUT2D eigenvalue weighted by molar-refractivity contribution is 5.94. The van der Waals surface area contributed by atoms with Crippen LogP contribution >= 0.6 is 0 Å². The first-order valence-corrected chi connectivity index (χ1v) is 52.6. The molecule has 2 aliphatic carbocycles. The molecule has 0 aromatic heterocycles. The van der Waals surface area contributed by atoms with Crippen LogP contribution in [0.15, 0.2) is 12.4 Å². The Bertz CT molecular complexity index is 2910. The van der Waals surface area contributed by atoms with Gasteiger partial charge in [0.25, 0.3) is 0 Å². The number of Topliss-reactive ketones (excluding diaryl/α,β-unsaturated/α-hetero) is 10. The van der Waals surface area contributed by atoms with Crippen LogP contribution in [0.1, 0.15) is 415 Å². The smallest absolute Gasteiger partial charge is 0.150 e. The standard InChI is InChI=1S/2C23H43NO2.2C22H42N2O2.C19H37N3O2.CH4/c2*1-8-18-9-11-19(12-10-18)13-20(23(26)16(4)5)14-21(25)22(15(2)3)24-17(6)7;2*1-16(2)21(23-18(5)6)20(25)15-19(22(26)17(3)4)11-10-14-24-12-8-7-9-13-24;1-12(2)18(22-14(5)6)17(23)11-16(19(24)13(3)4)9-8-10-21-15(7)20;/h2*15-20,22,24H,8-14H2,1-7H3;2*16-19,21,23H,7-15H2,1-6H3;12-14,16,18,21-22H,7-11,20H2,1-6H3;1H4/t2*18?,19?,20-,22+;2*19-,21+;16-,18+;/m11111./s1. The summed E-state index contributed by atoms with van der Waals surface area (Å²) < 4.78 is 0. The topological polar surface area (TPSA) is 275 Å². The fraction of sp³-hybridized carbons (Fsp3) is 0.891. The number of hydrogen-bond acceptors (Lipinski definition) is 19. The Hall–Kier alpha value is -4.24. The van der Waals surface area contributed by atoms with Gasteiger partial charge in [0.15, 0.2) is 28.9 Å². The second-order valence-corrected chi connectivity index (χ2v) is 44.6. The molecule has 2 saturated carbocycles. The molecule has 2 heterocycles. The summed E-state index contributed by atoms with van der Waals surface area (Å²) in [7, 11) is 0. The summed E-state index contributed by atoms with van der Waals surface area (Å²) in [5.41, 5.74) is 5.48. The molecule has 2 aliphatic heterocycles. The van der Waals surface area contributed by atoms with Crippen LogP contribution in [0.3, 0.4) is 0 Å². The van der Waals surface area contributed by atoms with Crippen molar-refractivity contribution in [3.63, 3.8) is 0 Å². The first-order valence-electron chi connectivity index (χ1n) is 52.6. The molecule has 4 aliphatic rings. The average molecular weight is 1820 g/mol. The summed E-state index contributed by atoms with van der Waals surface area (Å²) in [5, 5.41) is 19.9. The minimum atomic E-state index is -0.222. The molecule has 0 bridgehead atoms. The van der Waals surface area contributed by atoms with Crippen molar-refractivity contribution in [2.45, 2.75) is 476 Å². The Balaban J connectivity index is 0. The highest BCUT2D eigenvalue weighted by Gasteiger charge is 2.38. The van der Waals surface area contributed by atoms with Gasteiger partial charge in [0.1, 0.15) is 28.9 Å². The highest BCUT2D eigenvalue weighted by atomic mass is 16.2. The van der Waals surface area contributed by atoms with Crippen LogP contribution in [0, 0.1) is 112 Å². The monoisotopic (exact) mass is 1820 g/mol. The summed E-state index contributed by atoms with van der Waals surface area (Å²) in [6.45, 7) is 76.6. The number of carbonyl (C=O) groups excluding carboxylic acids is 10. The first kappa shape index (κ1) is 127. The number of likely N-dealkylation sites (tertiary alicyclic amines) is 2. The lowest BCUT2D eigenvalue weighted by atomic mass is 9.74. The Kier molecular flexibility index (Phi) is 68.4. The molecule has 0 spiro atoms. The van der Waals surface area contributed by atoms with Crippen LogP contribution < -0.4 is 37.6 Å². The fourth-order valence-corrected chi connectivity index (χ4v) is 19.6. The molecule has 0 radical (unpaired) electrons. The number of nitrogens with two attached hydrogens (primary N) is 1. The summed E-state index contributed by atoms with van der Waals surface area (Å²) in [5.74, 6) is 6.10. The molecule has 10 atom stereocenters. The van der Waals surface area contributed by atoms with Crippen molar-refractivity contribution in [3.05, 3.63) is 12.4 Å². The zero-order chi connectivity index (χ0) is 97.9. The van der Waals surface area contributed by atoms with Crippen molar-refractivity contribution >= 4 is 57.8 Å². The van der Waals surface area contributed by atoms with Crippen LogP contribution in [0.25, 0.3) is 0 Å². The number of rotatable bonds is 59. The van der Waals surface area contributed by atoms with E-state index in [1.807, 2.05) is 96.9 Å². The second-order valence-electron chi connectivity index (χ2n) is 44.6. The van der Waals surface area contributed by atoms with E-state index in [0.29, 0.717) is 62.7 Å². The molecular formula is C110H211N9O10. The number of piperidine rings is 2. The fourth-order valence-electron chi connectivity index (χ4n) is 19.6. The van der Waals surface area contributed by atoms with E-state index in [1.165, 1.54) is 129 Å². The van der Waals surface area contributed by atoms with Gasteiger partial charge in [-0.3, -0.25) is 47.9 Å². The van der Waals surface area contributed by atoms with Crippen LogP contribution in [-0.4, -0.2) is 174 Å². The van der Waals surface area contributed by atoms with Gasteiger partial charge in [-0.05, 0) is 170 Å². The lowest BCUT2D eigenvalue weighted by Gasteiger charge is -2.31. The molecule has 4 rings (SSSR count). The van der Waals surface area contributed by atoms with E-state index in [-0.39, 0.29) is 214 Å². The van der Waals surface area contributed by atoms with Gasteiger partial charge in [0.05, 0.1) is 36.0 Å². The maximum Gasteiger partial charge on any atom is 0.150 e. The third-order valence-electron chi connectivity index (χ3n) is 27.1. The van der Waals surface area contributed by atoms with Gasteiger partial charge in [-0.2, -0.15) is 0 Å². The number of nitrogens with one attached hydrogen (secondary N) is 6. The van der Waals surface area contributed by atoms with Gasteiger partial charge in [-0.15, -0.1) is 0 Å². The van der Waals surface area contributed by atoms with Gasteiger partial charge >= 0.3 is 0 Å². The number of hydrogen-bond donors (Lipinski definition) is 7. The van der Waals surface area contributed by atoms with E-state index in [2.05, 4.69) is 173 Å². The van der Waals surface area contributed by atoms with Crippen molar-refractivity contribution in [2.24, 2.45) is 118 Å². The quantitative estimate of drug-likeness (QED) is 0.0279. The normalized spacial score (nSPS) is 19.5. The molecule has 129 heavy (non-hydrogen) atoms. The predicted octanol–water partition coefficient (Wildman–Crippen LogP) is 22.2. The van der Waals surface area contributed by atoms with Gasteiger partial charge in [0.2, 0.25) is 0 Å². The zero-order valence-electron chi connectivity index (χ0n) is 89.0. The minimum Gasteiger partial charge on any atom is -0.386 e. The van der Waals surface area contributed by atoms with Crippen molar-refractivity contribution < 1.29 is 47.9 Å². The lowest BCUT2D eigenvalue weighted by molar-refractivity contribution is -0.132. The third-order valence-corrected chi connectivity index (χ3v) is 27.1. The van der Waals surface area contributed by atoms with Crippen LogP contribution in [0.2, 0.25) is 0 Å².